The Hall–Kier alpha value is -0.380. The lowest BCUT2D eigenvalue weighted by Gasteiger charge is -2.58. The average molecular weight is 430 g/mol. The van der Waals surface area contributed by atoms with E-state index >= 15 is 0 Å². The topological polar surface area (TPSA) is 43.7 Å². The van der Waals surface area contributed by atoms with Crippen LogP contribution in [0.4, 0.5) is 0 Å². The van der Waals surface area contributed by atoms with Crippen LogP contribution in [0, 0.1) is 46.3 Å². The molecule has 1 heterocycles. The van der Waals surface area contributed by atoms with Crippen LogP contribution in [0.2, 0.25) is 0 Å². The first-order valence-electron chi connectivity index (χ1n) is 13.4. The van der Waals surface area contributed by atoms with Gasteiger partial charge in [0.2, 0.25) is 0 Å². The highest BCUT2D eigenvalue weighted by Gasteiger charge is 2.62. The Kier molecular flexibility index (Phi) is 5.67. The standard InChI is InChI=1S/C28H47NO2/c1-17-6-9-24(29(5)16-17)18(2)26-25(31)15-23-21-8-7-19-14-20(30)10-12-27(19,3)22(21)11-13-28(23,26)4/h7,17-18,20-26,30-31H,6,8-16H2,1-5H3/t17?,18-,20+,21-,22+,23+,24?,25+,26?,27+,28+/m1/s1. The molecule has 0 spiro atoms. The van der Waals surface area contributed by atoms with Gasteiger partial charge >= 0.3 is 0 Å². The van der Waals surface area contributed by atoms with Gasteiger partial charge in [-0.05, 0) is 111 Å². The van der Waals surface area contributed by atoms with E-state index in [1.807, 2.05) is 0 Å². The van der Waals surface area contributed by atoms with Crippen LogP contribution in [-0.4, -0.2) is 47.0 Å². The van der Waals surface area contributed by atoms with Gasteiger partial charge in [0.15, 0.2) is 0 Å². The molecule has 0 bridgehead atoms. The van der Waals surface area contributed by atoms with Crippen molar-refractivity contribution in [2.45, 2.75) is 104 Å². The fourth-order valence-corrected chi connectivity index (χ4v) is 9.94. The fraction of sp³-hybridized carbons (Fsp3) is 0.929. The summed E-state index contributed by atoms with van der Waals surface area (Å²) in [7, 11) is 2.32. The van der Waals surface area contributed by atoms with Crippen molar-refractivity contribution in [3.63, 3.8) is 0 Å². The lowest BCUT2D eigenvalue weighted by molar-refractivity contribution is -0.0725. The maximum atomic E-state index is 11.5. The van der Waals surface area contributed by atoms with Gasteiger partial charge in [-0.15, -0.1) is 0 Å². The number of hydrogen-bond acceptors (Lipinski definition) is 3. The van der Waals surface area contributed by atoms with E-state index in [9.17, 15) is 10.2 Å². The summed E-state index contributed by atoms with van der Waals surface area (Å²) in [6.07, 6.45) is 12.7. The van der Waals surface area contributed by atoms with Crippen LogP contribution in [0.25, 0.3) is 0 Å². The summed E-state index contributed by atoms with van der Waals surface area (Å²) in [5.74, 6) is 3.93. The van der Waals surface area contributed by atoms with Crippen LogP contribution in [-0.2, 0) is 0 Å². The van der Waals surface area contributed by atoms with Crippen LogP contribution < -0.4 is 0 Å². The Labute approximate surface area is 190 Å². The molecule has 0 amide bonds. The van der Waals surface area contributed by atoms with Crippen molar-refractivity contribution in [3.05, 3.63) is 11.6 Å². The molecule has 2 N–H and O–H groups in total. The second-order valence-corrected chi connectivity index (χ2v) is 13.1. The van der Waals surface area contributed by atoms with Crippen molar-refractivity contribution in [1.29, 1.82) is 0 Å². The average Bonchev–Trinajstić information content (AvgIpc) is 2.98. The second kappa shape index (κ2) is 7.84. The Bertz CT molecular complexity index is 720. The van der Waals surface area contributed by atoms with E-state index in [0.717, 1.165) is 43.4 Å². The molecule has 3 saturated carbocycles. The first-order valence-corrected chi connectivity index (χ1v) is 13.4. The number of aliphatic hydroxyl groups is 2. The van der Waals surface area contributed by atoms with Crippen molar-refractivity contribution >= 4 is 0 Å². The van der Waals surface area contributed by atoms with Crippen molar-refractivity contribution in [1.82, 2.24) is 4.90 Å². The molecule has 1 saturated heterocycles. The molecule has 4 fully saturated rings. The third-order valence-corrected chi connectivity index (χ3v) is 11.5. The summed E-state index contributed by atoms with van der Waals surface area (Å²) in [6, 6.07) is 0.624. The van der Waals surface area contributed by atoms with E-state index in [1.165, 1.54) is 38.6 Å². The number of allylic oxidation sites excluding steroid dienone is 1. The molecule has 5 aliphatic rings. The van der Waals surface area contributed by atoms with Crippen LogP contribution >= 0.6 is 0 Å². The van der Waals surface area contributed by atoms with Crippen molar-refractivity contribution in [3.8, 4) is 0 Å². The maximum absolute atomic E-state index is 11.5. The Morgan fingerprint density at radius 3 is 2.58 bits per heavy atom. The Morgan fingerprint density at radius 1 is 1.06 bits per heavy atom. The molecule has 11 atom stereocenters. The van der Waals surface area contributed by atoms with Crippen LogP contribution in [0.3, 0.4) is 0 Å². The molecule has 0 radical (unpaired) electrons. The Balaban J connectivity index is 1.40. The van der Waals surface area contributed by atoms with Crippen molar-refractivity contribution < 1.29 is 10.2 Å². The molecule has 4 aliphatic carbocycles. The smallest absolute Gasteiger partial charge is 0.0579 e. The normalized spacial score (nSPS) is 53.8. The SMILES string of the molecule is CC1CCC([C@@H](C)C2[C@@H](O)C[C@H]3[C@@H]4CC=C5C[C@@H](O)CC[C@]5(C)[C@H]4CC[C@]23C)N(C)C1. The molecule has 3 unspecified atom stereocenters. The molecule has 31 heavy (non-hydrogen) atoms. The summed E-state index contributed by atoms with van der Waals surface area (Å²) >= 11 is 0. The highest BCUT2D eigenvalue weighted by molar-refractivity contribution is 5.25. The van der Waals surface area contributed by atoms with Gasteiger partial charge in [-0.25, -0.2) is 0 Å². The monoisotopic (exact) mass is 429 g/mol. The van der Waals surface area contributed by atoms with E-state index in [2.05, 4.69) is 45.7 Å². The highest BCUT2D eigenvalue weighted by Crippen LogP contribution is 2.67. The largest absolute Gasteiger partial charge is 0.393 e. The summed E-state index contributed by atoms with van der Waals surface area (Å²) in [6.45, 7) is 11.1. The molecular formula is C28H47NO2. The summed E-state index contributed by atoms with van der Waals surface area (Å²) < 4.78 is 0. The molecule has 176 valence electrons. The lowest BCUT2D eigenvalue weighted by atomic mass is 9.47. The number of rotatable bonds is 2. The van der Waals surface area contributed by atoms with Gasteiger partial charge in [-0.3, -0.25) is 0 Å². The number of piperidine rings is 1. The maximum Gasteiger partial charge on any atom is 0.0579 e. The molecule has 0 aromatic rings. The number of fused-ring (bicyclic) bond motifs is 5. The summed E-state index contributed by atoms with van der Waals surface area (Å²) in [5.41, 5.74) is 2.12. The zero-order chi connectivity index (χ0) is 22.1. The summed E-state index contributed by atoms with van der Waals surface area (Å²) in [5, 5.41) is 21.7. The van der Waals surface area contributed by atoms with E-state index in [0.29, 0.717) is 23.8 Å². The molecule has 3 nitrogen and oxygen atoms in total. The predicted octanol–water partition coefficient (Wildman–Crippen LogP) is 5.26. The quantitative estimate of drug-likeness (QED) is 0.588. The van der Waals surface area contributed by atoms with Gasteiger partial charge in [0.05, 0.1) is 12.2 Å². The van der Waals surface area contributed by atoms with Crippen LogP contribution in [0.15, 0.2) is 11.6 Å². The minimum absolute atomic E-state index is 0.126. The van der Waals surface area contributed by atoms with Gasteiger partial charge in [0.25, 0.3) is 0 Å². The number of aliphatic hydroxyl groups excluding tert-OH is 2. The van der Waals surface area contributed by atoms with E-state index in [4.69, 9.17) is 0 Å². The van der Waals surface area contributed by atoms with E-state index in [-0.39, 0.29) is 23.0 Å². The minimum Gasteiger partial charge on any atom is -0.393 e. The van der Waals surface area contributed by atoms with Gasteiger partial charge < -0.3 is 15.1 Å². The van der Waals surface area contributed by atoms with Crippen molar-refractivity contribution in [2.24, 2.45) is 46.3 Å². The van der Waals surface area contributed by atoms with Crippen molar-refractivity contribution in [2.75, 3.05) is 13.6 Å². The van der Waals surface area contributed by atoms with Gasteiger partial charge in [-0.2, -0.15) is 0 Å². The zero-order valence-corrected chi connectivity index (χ0v) is 20.7. The van der Waals surface area contributed by atoms with E-state index in [1.54, 1.807) is 5.57 Å². The molecule has 1 aliphatic heterocycles. The predicted molar refractivity (Wildman–Crippen MR) is 127 cm³/mol. The van der Waals surface area contributed by atoms with E-state index < -0.39 is 0 Å². The number of nitrogens with zero attached hydrogens (tertiary/aromatic N) is 1. The van der Waals surface area contributed by atoms with Crippen LogP contribution in [0.5, 0.6) is 0 Å². The number of hydrogen-bond donors (Lipinski definition) is 2. The van der Waals surface area contributed by atoms with Crippen LogP contribution in [0.1, 0.15) is 85.5 Å². The van der Waals surface area contributed by atoms with Gasteiger partial charge in [-0.1, -0.05) is 39.3 Å². The number of likely N-dealkylation sites (tertiary alicyclic amines) is 1. The fourth-order valence-electron chi connectivity index (χ4n) is 9.94. The van der Waals surface area contributed by atoms with Gasteiger partial charge in [0, 0.05) is 12.6 Å². The highest BCUT2D eigenvalue weighted by atomic mass is 16.3. The second-order valence-electron chi connectivity index (χ2n) is 13.1. The zero-order valence-electron chi connectivity index (χ0n) is 20.7. The molecule has 0 aromatic carbocycles. The lowest BCUT2D eigenvalue weighted by Crippen LogP contribution is -2.53. The molecule has 0 aromatic heterocycles. The molecule has 5 rings (SSSR count). The molecule has 3 heteroatoms. The third kappa shape index (κ3) is 3.39. The summed E-state index contributed by atoms with van der Waals surface area (Å²) in [4.78, 5) is 2.61. The Morgan fingerprint density at radius 2 is 1.84 bits per heavy atom. The van der Waals surface area contributed by atoms with Gasteiger partial charge in [0.1, 0.15) is 0 Å². The first-order chi connectivity index (χ1) is 14.6. The molecular weight excluding hydrogens is 382 g/mol. The minimum atomic E-state index is -0.136. The first kappa shape index (κ1) is 22.4. The third-order valence-electron chi connectivity index (χ3n) is 11.5.